The first-order chi connectivity index (χ1) is 20.0. The molecule has 1 unspecified atom stereocenters. The predicted octanol–water partition coefficient (Wildman–Crippen LogP) is 3.39. The van der Waals surface area contributed by atoms with Gasteiger partial charge in [0.1, 0.15) is 10.9 Å². The molecule has 222 valence electrons. The molecule has 0 radical (unpaired) electrons. The number of carboxylic acid groups (broad SMARTS) is 1. The minimum Gasteiger partial charge on any atom is -0.480 e. The predicted molar refractivity (Wildman–Crippen MR) is 159 cm³/mol. The minimum absolute atomic E-state index is 0.0348. The molecular formula is C27H28Cl2N6O6S. The van der Waals surface area contributed by atoms with Crippen LogP contribution in [-0.2, 0) is 21.2 Å². The van der Waals surface area contributed by atoms with Gasteiger partial charge in [0.05, 0.1) is 21.3 Å². The molecule has 2 heterocycles. The van der Waals surface area contributed by atoms with Crippen LogP contribution in [0.5, 0.6) is 0 Å². The van der Waals surface area contributed by atoms with Gasteiger partial charge in [0.15, 0.2) is 0 Å². The zero-order valence-corrected chi connectivity index (χ0v) is 24.7. The molecule has 12 nitrogen and oxygen atoms in total. The number of aromatic nitrogens is 1. The molecule has 4 N–H and O–H groups in total. The molecule has 42 heavy (non-hydrogen) atoms. The molecule has 0 spiro atoms. The Labute approximate surface area is 252 Å². The standard InChI is InChI=1S/C27H28Cl2N6O6S/c1-34-10-12-35(13-11-34)42(40,41)23-5-3-2-4-21(23)32-27(39)33-22(26(37)38)14-17-6-8-18(9-7-17)31-25(36)24-19(28)15-30-16-20(24)29/h2-9,15-16,22H,10-14H2,1H3,(H,31,36)(H,37,38)(H2,32,33,39). The van der Waals surface area contributed by atoms with Crippen LogP contribution in [0.15, 0.2) is 65.8 Å². The molecule has 1 aromatic heterocycles. The molecule has 1 fully saturated rings. The van der Waals surface area contributed by atoms with Gasteiger partial charge in [0.2, 0.25) is 10.0 Å². The van der Waals surface area contributed by atoms with Crippen molar-refractivity contribution in [1.29, 1.82) is 0 Å². The lowest BCUT2D eigenvalue weighted by Crippen LogP contribution is -2.47. The second kappa shape index (κ2) is 13.5. The highest BCUT2D eigenvalue weighted by Crippen LogP contribution is 2.26. The molecule has 1 aliphatic rings. The molecule has 1 aliphatic heterocycles. The Morgan fingerprint density at radius 2 is 1.57 bits per heavy atom. The van der Waals surface area contributed by atoms with Gasteiger partial charge in [0, 0.05) is 50.7 Å². The molecule has 0 aliphatic carbocycles. The third-order valence-corrected chi connectivity index (χ3v) is 9.08. The van der Waals surface area contributed by atoms with Crippen molar-refractivity contribution in [3.05, 3.63) is 82.1 Å². The van der Waals surface area contributed by atoms with E-state index in [1.54, 1.807) is 36.4 Å². The molecule has 15 heteroatoms. The van der Waals surface area contributed by atoms with Crippen molar-refractivity contribution >= 4 is 62.5 Å². The van der Waals surface area contributed by atoms with Crippen molar-refractivity contribution in [2.24, 2.45) is 0 Å². The lowest BCUT2D eigenvalue weighted by Gasteiger charge is -2.32. The normalized spacial score (nSPS) is 15.0. The molecule has 3 aromatic rings. The van der Waals surface area contributed by atoms with Crippen molar-refractivity contribution in [2.45, 2.75) is 17.4 Å². The maximum atomic E-state index is 13.3. The second-order valence-corrected chi connectivity index (χ2v) is 12.2. The molecule has 2 aromatic carbocycles. The number of pyridine rings is 1. The first kappa shape index (κ1) is 31.2. The topological polar surface area (TPSA) is 161 Å². The molecule has 0 bridgehead atoms. The fourth-order valence-electron chi connectivity index (χ4n) is 4.26. The fourth-order valence-corrected chi connectivity index (χ4v) is 6.37. The number of carboxylic acids is 1. The van der Waals surface area contributed by atoms with E-state index >= 15 is 0 Å². The molecule has 1 atom stereocenters. The summed E-state index contributed by atoms with van der Waals surface area (Å²) in [6.45, 7) is 1.79. The largest absolute Gasteiger partial charge is 0.480 e. The highest BCUT2D eigenvalue weighted by molar-refractivity contribution is 7.89. The Balaban J connectivity index is 1.40. The summed E-state index contributed by atoms with van der Waals surface area (Å²) < 4.78 is 27.9. The number of carbonyl (C=O) groups excluding carboxylic acids is 2. The van der Waals surface area contributed by atoms with Gasteiger partial charge in [-0.15, -0.1) is 0 Å². The number of nitrogens with one attached hydrogen (secondary N) is 3. The van der Waals surface area contributed by atoms with Crippen LogP contribution in [0.25, 0.3) is 0 Å². The summed E-state index contributed by atoms with van der Waals surface area (Å²) in [4.78, 5) is 43.1. The molecule has 1 saturated heterocycles. The number of sulfonamides is 1. The zero-order valence-electron chi connectivity index (χ0n) is 22.4. The van der Waals surface area contributed by atoms with Crippen LogP contribution in [0.4, 0.5) is 16.2 Å². The van der Waals surface area contributed by atoms with Crippen LogP contribution < -0.4 is 16.0 Å². The van der Waals surface area contributed by atoms with E-state index in [1.807, 2.05) is 11.9 Å². The number of anilines is 2. The molecule has 4 rings (SSSR count). The Morgan fingerprint density at radius 1 is 0.952 bits per heavy atom. The SMILES string of the molecule is CN1CCN(S(=O)(=O)c2ccccc2NC(=O)NC(Cc2ccc(NC(=O)c3c(Cl)cncc3Cl)cc2)C(=O)O)CC1. The van der Waals surface area contributed by atoms with Crippen molar-refractivity contribution in [3.63, 3.8) is 0 Å². The summed E-state index contributed by atoms with van der Waals surface area (Å²) in [5.74, 6) is -1.83. The Kier molecular flexibility index (Phi) is 10.0. The lowest BCUT2D eigenvalue weighted by molar-refractivity contribution is -0.139. The van der Waals surface area contributed by atoms with Gasteiger partial charge in [-0.05, 0) is 36.9 Å². The van der Waals surface area contributed by atoms with Crippen molar-refractivity contribution in [2.75, 3.05) is 43.9 Å². The third kappa shape index (κ3) is 7.55. The number of hydrogen-bond donors (Lipinski definition) is 4. The maximum absolute atomic E-state index is 13.3. The molecule has 3 amide bonds. The Hall–Kier alpha value is -3.75. The van der Waals surface area contributed by atoms with E-state index in [1.165, 1.54) is 28.8 Å². The summed E-state index contributed by atoms with van der Waals surface area (Å²) in [7, 11) is -1.98. The average molecular weight is 636 g/mol. The van der Waals surface area contributed by atoms with E-state index in [2.05, 4.69) is 20.9 Å². The number of rotatable bonds is 9. The number of carbonyl (C=O) groups is 3. The maximum Gasteiger partial charge on any atom is 0.326 e. The van der Waals surface area contributed by atoms with E-state index in [9.17, 15) is 27.9 Å². The van der Waals surface area contributed by atoms with Crippen LogP contribution in [0, 0.1) is 0 Å². The van der Waals surface area contributed by atoms with E-state index in [0.29, 0.717) is 37.4 Å². The van der Waals surface area contributed by atoms with Gasteiger partial charge in [-0.3, -0.25) is 9.78 Å². The van der Waals surface area contributed by atoms with Gasteiger partial charge in [-0.1, -0.05) is 47.5 Å². The summed E-state index contributed by atoms with van der Waals surface area (Å²) >= 11 is 12.1. The Morgan fingerprint density at radius 3 is 2.19 bits per heavy atom. The smallest absolute Gasteiger partial charge is 0.326 e. The van der Waals surface area contributed by atoms with Gasteiger partial charge >= 0.3 is 12.0 Å². The monoisotopic (exact) mass is 634 g/mol. The van der Waals surface area contributed by atoms with Crippen LogP contribution in [-0.4, -0.2) is 84.9 Å². The number of aliphatic carboxylic acids is 1. The van der Waals surface area contributed by atoms with Crippen molar-refractivity contribution in [3.8, 4) is 0 Å². The van der Waals surface area contributed by atoms with E-state index in [4.69, 9.17) is 23.2 Å². The summed E-state index contributed by atoms with van der Waals surface area (Å²) in [5.41, 5.74) is 1.06. The zero-order chi connectivity index (χ0) is 30.4. The quantitative estimate of drug-likeness (QED) is 0.278. The van der Waals surface area contributed by atoms with Crippen LogP contribution >= 0.6 is 23.2 Å². The highest BCUT2D eigenvalue weighted by Gasteiger charge is 2.30. The number of urea groups is 1. The van der Waals surface area contributed by atoms with Gasteiger partial charge < -0.3 is 26.0 Å². The van der Waals surface area contributed by atoms with Crippen molar-refractivity contribution in [1.82, 2.24) is 19.5 Å². The number of likely N-dealkylation sites (N-methyl/N-ethyl adjacent to an activating group) is 1. The summed E-state index contributed by atoms with van der Waals surface area (Å²) in [5, 5.41) is 17.5. The van der Waals surface area contributed by atoms with Gasteiger partial charge in [-0.25, -0.2) is 18.0 Å². The van der Waals surface area contributed by atoms with Crippen molar-refractivity contribution < 1.29 is 27.9 Å². The fraction of sp³-hybridized carbons (Fsp3) is 0.259. The van der Waals surface area contributed by atoms with E-state index in [-0.39, 0.29) is 32.6 Å². The second-order valence-electron chi connectivity index (χ2n) is 9.53. The molecule has 0 saturated carbocycles. The third-order valence-electron chi connectivity index (χ3n) is 6.55. The minimum atomic E-state index is -3.89. The highest BCUT2D eigenvalue weighted by atomic mass is 35.5. The van der Waals surface area contributed by atoms with Crippen LogP contribution in [0.3, 0.4) is 0 Å². The number of hydrogen-bond acceptors (Lipinski definition) is 7. The number of piperazine rings is 1. The Bertz CT molecular complexity index is 1560. The number of halogens is 2. The van der Waals surface area contributed by atoms with E-state index < -0.39 is 34.0 Å². The lowest BCUT2D eigenvalue weighted by atomic mass is 10.1. The van der Waals surface area contributed by atoms with Crippen LogP contribution in [0.1, 0.15) is 15.9 Å². The van der Waals surface area contributed by atoms with Gasteiger partial charge in [0.25, 0.3) is 5.91 Å². The number of amides is 3. The number of para-hydroxylation sites is 1. The first-order valence-corrected chi connectivity index (χ1v) is 14.9. The summed E-state index contributed by atoms with van der Waals surface area (Å²) in [6.07, 6.45) is 2.51. The molecular weight excluding hydrogens is 607 g/mol. The van der Waals surface area contributed by atoms with Crippen LogP contribution in [0.2, 0.25) is 10.0 Å². The summed E-state index contributed by atoms with van der Waals surface area (Å²) in [6, 6.07) is 10.1. The van der Waals surface area contributed by atoms with Gasteiger partial charge in [-0.2, -0.15) is 4.31 Å². The first-order valence-electron chi connectivity index (χ1n) is 12.7. The average Bonchev–Trinajstić information content (AvgIpc) is 2.94. The number of benzene rings is 2. The number of nitrogens with zero attached hydrogens (tertiary/aromatic N) is 3. The van der Waals surface area contributed by atoms with E-state index in [0.717, 1.165) is 0 Å².